The van der Waals surface area contributed by atoms with Gasteiger partial charge in [0.25, 0.3) is 0 Å². The molecule has 0 saturated heterocycles. The Morgan fingerprint density at radius 3 is 2.50 bits per heavy atom. The molecule has 2 heterocycles. The third-order valence-corrected chi connectivity index (χ3v) is 4.31. The second kappa shape index (κ2) is 9.02. The summed E-state index contributed by atoms with van der Waals surface area (Å²) >= 11 is 4.50. The van der Waals surface area contributed by atoms with Crippen LogP contribution >= 0.6 is 27.3 Å². The number of halogens is 2. The fourth-order valence-corrected chi connectivity index (χ4v) is 3.17. The maximum Gasteiger partial charge on any atom is 0.355 e. The Labute approximate surface area is 162 Å². The van der Waals surface area contributed by atoms with Gasteiger partial charge < -0.3 is 15.4 Å². The molecule has 0 saturated carbocycles. The van der Waals surface area contributed by atoms with Crippen LogP contribution < -0.4 is 5.73 Å². The smallest absolute Gasteiger partial charge is 0.355 e. The fraction of sp³-hybridized carbons (Fsp3) is 0.235. The van der Waals surface area contributed by atoms with Crippen molar-refractivity contribution in [3.05, 3.63) is 46.9 Å². The lowest BCUT2D eigenvalue weighted by molar-refractivity contribution is 0.0691. The van der Waals surface area contributed by atoms with Gasteiger partial charge in [0, 0.05) is 10.9 Å². The van der Waals surface area contributed by atoms with E-state index in [2.05, 4.69) is 26.1 Å². The lowest BCUT2D eigenvalue weighted by atomic mass is 10.1. The first-order valence-corrected chi connectivity index (χ1v) is 9.58. The summed E-state index contributed by atoms with van der Waals surface area (Å²) in [6, 6.07) is 6.15. The molecule has 0 fully saturated rings. The minimum absolute atomic E-state index is 0.0354. The Kier molecular flexibility index (Phi) is 7.01. The van der Waals surface area contributed by atoms with E-state index in [9.17, 15) is 9.18 Å². The van der Waals surface area contributed by atoms with Gasteiger partial charge in [-0.3, -0.25) is 0 Å². The monoisotopic (exact) mass is 441 g/mol. The minimum atomic E-state index is -1.09. The topological polar surface area (TPSA) is 102 Å². The number of nitrogens with two attached hydrogens (primary N) is 1. The Balaban J connectivity index is 0.000000552. The molecular weight excluding hydrogens is 425 g/mol. The third-order valence-electron chi connectivity index (χ3n) is 2.94. The van der Waals surface area contributed by atoms with E-state index < -0.39 is 5.97 Å². The fourth-order valence-electron chi connectivity index (χ4n) is 1.93. The quantitative estimate of drug-likeness (QED) is 0.575. The number of aromatic nitrogens is 2. The summed E-state index contributed by atoms with van der Waals surface area (Å²) in [4.78, 5) is 15.1. The molecule has 0 bridgehead atoms. The van der Waals surface area contributed by atoms with E-state index in [1.807, 2.05) is 13.8 Å². The zero-order valence-corrected chi connectivity index (χ0v) is 16.5. The number of thiazole rings is 1. The van der Waals surface area contributed by atoms with Gasteiger partial charge in [0.15, 0.2) is 11.5 Å². The number of alkyl halides is 1. The number of hydrogen-bond donors (Lipinski definition) is 2. The van der Waals surface area contributed by atoms with Crippen molar-refractivity contribution in [2.24, 2.45) is 5.73 Å². The van der Waals surface area contributed by atoms with Crippen LogP contribution in [-0.2, 0) is 5.33 Å². The molecule has 6 nitrogen and oxygen atoms in total. The average Bonchev–Trinajstić information content (AvgIpc) is 3.21. The number of nitrogens with zero attached hydrogens (tertiary/aromatic N) is 2. The minimum Gasteiger partial charge on any atom is -0.476 e. The van der Waals surface area contributed by atoms with Crippen molar-refractivity contribution in [3.63, 3.8) is 0 Å². The van der Waals surface area contributed by atoms with Crippen LogP contribution in [0.25, 0.3) is 21.8 Å². The van der Waals surface area contributed by atoms with Gasteiger partial charge in [-0.25, -0.2) is 14.2 Å². The van der Waals surface area contributed by atoms with Gasteiger partial charge in [0.05, 0.1) is 10.9 Å². The van der Waals surface area contributed by atoms with Crippen LogP contribution in [0.3, 0.4) is 0 Å². The molecule has 3 N–H and O–H groups in total. The maximum atomic E-state index is 13.1. The molecule has 0 radical (unpaired) electrons. The van der Waals surface area contributed by atoms with Gasteiger partial charge >= 0.3 is 5.97 Å². The summed E-state index contributed by atoms with van der Waals surface area (Å²) in [6.07, 6.45) is 0. The zero-order valence-electron chi connectivity index (χ0n) is 14.1. The Morgan fingerprint density at radius 1 is 1.38 bits per heavy atom. The number of carbonyl (C=O) groups is 1. The molecule has 3 aromatic rings. The highest BCUT2D eigenvalue weighted by Crippen LogP contribution is 2.37. The second-order valence-electron chi connectivity index (χ2n) is 5.56. The van der Waals surface area contributed by atoms with Crippen LogP contribution in [0.15, 0.2) is 34.2 Å². The summed E-state index contributed by atoms with van der Waals surface area (Å²) in [7, 11) is 0. The molecule has 1 aromatic carbocycles. The van der Waals surface area contributed by atoms with E-state index in [-0.39, 0.29) is 11.5 Å². The first kappa shape index (κ1) is 20.2. The molecule has 26 heavy (non-hydrogen) atoms. The molecular formula is C17H17BrFN3O3S. The van der Waals surface area contributed by atoms with E-state index in [1.54, 1.807) is 12.1 Å². The van der Waals surface area contributed by atoms with Gasteiger partial charge in [-0.2, -0.15) is 0 Å². The zero-order chi connectivity index (χ0) is 19.3. The number of carboxylic acids is 1. The van der Waals surface area contributed by atoms with Crippen molar-refractivity contribution in [2.45, 2.75) is 25.2 Å². The van der Waals surface area contributed by atoms with Crippen molar-refractivity contribution in [2.75, 3.05) is 0 Å². The number of aromatic carboxylic acids is 1. The first-order chi connectivity index (χ1) is 12.3. The Bertz CT molecular complexity index is 875. The normalized spacial score (nSPS) is 10.5. The second-order valence-corrected chi connectivity index (χ2v) is 6.98. The molecule has 138 valence electrons. The lowest BCUT2D eigenvalue weighted by Gasteiger charge is -2.00. The summed E-state index contributed by atoms with van der Waals surface area (Å²) < 4.78 is 18.3. The molecule has 0 atom stereocenters. The van der Waals surface area contributed by atoms with E-state index in [0.717, 1.165) is 0 Å². The van der Waals surface area contributed by atoms with Crippen LogP contribution in [-0.4, -0.2) is 27.3 Å². The molecule has 0 aliphatic carbocycles. The highest BCUT2D eigenvalue weighted by Gasteiger charge is 2.22. The van der Waals surface area contributed by atoms with Crippen LogP contribution in [0.5, 0.6) is 0 Å². The molecule has 0 unspecified atom stereocenters. The van der Waals surface area contributed by atoms with Gasteiger partial charge in [-0.1, -0.05) is 34.9 Å². The summed E-state index contributed by atoms with van der Waals surface area (Å²) in [5.41, 5.74) is 6.85. The number of benzene rings is 1. The molecule has 0 aliphatic rings. The van der Waals surface area contributed by atoms with E-state index in [4.69, 9.17) is 15.4 Å². The van der Waals surface area contributed by atoms with E-state index in [1.165, 1.54) is 28.8 Å². The third kappa shape index (κ3) is 4.96. The van der Waals surface area contributed by atoms with Gasteiger partial charge in [0.1, 0.15) is 16.5 Å². The summed E-state index contributed by atoms with van der Waals surface area (Å²) in [6.45, 7) is 3.89. The Hall–Kier alpha value is -2.10. The lowest BCUT2D eigenvalue weighted by Crippen LogP contribution is -2.06. The van der Waals surface area contributed by atoms with Gasteiger partial charge in [0.2, 0.25) is 0 Å². The van der Waals surface area contributed by atoms with Gasteiger partial charge in [-0.05, 0) is 30.3 Å². The molecule has 0 aliphatic heterocycles. The summed E-state index contributed by atoms with van der Waals surface area (Å²) in [5.74, 6) is -0.912. The van der Waals surface area contributed by atoms with Crippen LogP contribution in [0, 0.1) is 5.82 Å². The first-order valence-electron chi connectivity index (χ1n) is 7.58. The molecule has 9 heteroatoms. The number of hydrogen-bond acceptors (Lipinski definition) is 6. The average molecular weight is 442 g/mol. The predicted molar refractivity (Wildman–Crippen MR) is 102 cm³/mol. The molecule has 2 aromatic heterocycles. The van der Waals surface area contributed by atoms with Crippen LogP contribution in [0.2, 0.25) is 0 Å². The SMILES string of the molecule is CC(C)N.O=C(O)c1csc(-c2c(-c3ccc(F)cc3)noc2CBr)n1. The number of carboxylic acid groups (broad SMARTS) is 1. The van der Waals surface area contributed by atoms with Crippen molar-refractivity contribution in [1.82, 2.24) is 10.1 Å². The predicted octanol–water partition coefficient (Wildman–Crippen LogP) is 4.55. The molecule has 3 rings (SSSR count). The van der Waals surface area contributed by atoms with Crippen molar-refractivity contribution < 1.29 is 18.8 Å². The molecule has 0 amide bonds. The van der Waals surface area contributed by atoms with E-state index >= 15 is 0 Å². The highest BCUT2D eigenvalue weighted by molar-refractivity contribution is 9.08. The maximum absolute atomic E-state index is 13.1. The highest BCUT2D eigenvalue weighted by atomic mass is 79.9. The van der Waals surface area contributed by atoms with Crippen LogP contribution in [0.1, 0.15) is 30.1 Å². The van der Waals surface area contributed by atoms with E-state index in [0.29, 0.717) is 39.0 Å². The summed E-state index contributed by atoms with van der Waals surface area (Å²) in [5, 5.41) is 15.4. The van der Waals surface area contributed by atoms with Gasteiger partial charge in [-0.15, -0.1) is 11.3 Å². The molecule has 0 spiro atoms. The Morgan fingerprint density at radius 2 is 2.00 bits per heavy atom. The number of rotatable bonds is 4. The van der Waals surface area contributed by atoms with Crippen molar-refractivity contribution in [1.29, 1.82) is 0 Å². The van der Waals surface area contributed by atoms with Crippen molar-refractivity contribution in [3.8, 4) is 21.8 Å². The van der Waals surface area contributed by atoms with Crippen LogP contribution in [0.4, 0.5) is 4.39 Å². The van der Waals surface area contributed by atoms with Crippen molar-refractivity contribution >= 4 is 33.2 Å². The largest absolute Gasteiger partial charge is 0.476 e. The standard InChI is InChI=1S/C14H8BrFN2O3S.C3H9N/c15-5-10-11(13-17-9(6-22-13)14(19)20)12(18-21-10)7-1-3-8(16)4-2-7;1-3(2)4/h1-4,6H,5H2,(H,19,20);3H,4H2,1-2H3.